The number of hydrogen-bond acceptors (Lipinski definition) is 3. The molecular formula is C13H8BrClN2O2. The van der Waals surface area contributed by atoms with E-state index in [-0.39, 0.29) is 11.3 Å². The Hall–Kier alpha value is -1.77. The maximum absolute atomic E-state index is 11.7. The van der Waals surface area contributed by atoms with Gasteiger partial charge in [0, 0.05) is 21.8 Å². The summed E-state index contributed by atoms with van der Waals surface area (Å²) < 4.78 is 0.400. The Balaban J connectivity index is 2.87. The lowest BCUT2D eigenvalue weighted by molar-refractivity contribution is 0.474. The van der Waals surface area contributed by atoms with Crippen LogP contribution in [0, 0.1) is 18.3 Å². The minimum absolute atomic E-state index is 0.0601. The van der Waals surface area contributed by atoms with Crippen molar-refractivity contribution < 1.29 is 5.11 Å². The fourth-order valence-electron chi connectivity index (χ4n) is 1.78. The molecule has 0 atom stereocenters. The van der Waals surface area contributed by atoms with Gasteiger partial charge in [0.25, 0.3) is 5.56 Å². The van der Waals surface area contributed by atoms with Crippen LogP contribution in [0.2, 0.25) is 5.02 Å². The highest BCUT2D eigenvalue weighted by molar-refractivity contribution is 9.10. The smallest absolute Gasteiger partial charge is 0.266 e. The summed E-state index contributed by atoms with van der Waals surface area (Å²) in [7, 11) is 0. The van der Waals surface area contributed by atoms with Gasteiger partial charge >= 0.3 is 0 Å². The number of phenolic OH excluding ortho intramolecular Hbond substituents is 1. The van der Waals surface area contributed by atoms with Gasteiger partial charge in [-0.2, -0.15) is 5.26 Å². The molecule has 2 rings (SSSR count). The number of H-pyrrole nitrogens is 1. The van der Waals surface area contributed by atoms with E-state index in [2.05, 4.69) is 20.9 Å². The SMILES string of the molecule is Cc1cc(-c2cc(Cl)cc(Br)c2O)c(C#N)c(=O)[nH]1. The fourth-order valence-corrected chi connectivity index (χ4v) is 2.59. The van der Waals surface area contributed by atoms with Crippen LogP contribution in [-0.2, 0) is 0 Å². The zero-order chi connectivity index (χ0) is 14.2. The van der Waals surface area contributed by atoms with Crippen molar-refractivity contribution in [1.82, 2.24) is 4.98 Å². The van der Waals surface area contributed by atoms with Crippen LogP contribution in [-0.4, -0.2) is 10.1 Å². The summed E-state index contributed by atoms with van der Waals surface area (Å²) in [5.41, 5.74) is 0.729. The number of benzene rings is 1. The van der Waals surface area contributed by atoms with E-state index >= 15 is 0 Å². The lowest BCUT2D eigenvalue weighted by Gasteiger charge is -2.09. The molecule has 4 nitrogen and oxygen atoms in total. The summed E-state index contributed by atoms with van der Waals surface area (Å²) in [4.78, 5) is 14.3. The van der Waals surface area contributed by atoms with Crippen LogP contribution in [0.4, 0.5) is 0 Å². The van der Waals surface area contributed by atoms with E-state index < -0.39 is 5.56 Å². The van der Waals surface area contributed by atoms with Gasteiger partial charge in [0.2, 0.25) is 0 Å². The normalized spacial score (nSPS) is 10.2. The predicted octanol–water partition coefficient (Wildman–Crippen LogP) is 3.34. The predicted molar refractivity (Wildman–Crippen MR) is 76.3 cm³/mol. The molecule has 1 aromatic carbocycles. The molecule has 96 valence electrons. The number of rotatable bonds is 1. The molecule has 6 heteroatoms. The Kier molecular flexibility index (Phi) is 3.65. The van der Waals surface area contributed by atoms with Crippen LogP contribution >= 0.6 is 27.5 Å². The first kappa shape index (κ1) is 13.7. The Labute approximate surface area is 122 Å². The first-order chi connectivity index (χ1) is 8.93. The summed E-state index contributed by atoms with van der Waals surface area (Å²) >= 11 is 9.11. The lowest BCUT2D eigenvalue weighted by Crippen LogP contribution is -2.12. The molecule has 0 fully saturated rings. The standard InChI is InChI=1S/C13H8BrClN2O2/c1-6-2-8(10(5-16)13(19)17-6)9-3-7(15)4-11(14)12(9)18/h2-4,18H,1H3,(H,17,19). The van der Waals surface area contributed by atoms with Crippen molar-refractivity contribution in [2.75, 3.05) is 0 Å². The van der Waals surface area contributed by atoms with Gasteiger partial charge in [0.15, 0.2) is 0 Å². The topological polar surface area (TPSA) is 76.9 Å². The first-order valence-electron chi connectivity index (χ1n) is 5.26. The summed E-state index contributed by atoms with van der Waals surface area (Å²) in [6.45, 7) is 1.70. The van der Waals surface area contributed by atoms with Crippen molar-refractivity contribution >= 4 is 27.5 Å². The van der Waals surface area contributed by atoms with E-state index in [1.165, 1.54) is 12.1 Å². The summed E-state index contributed by atoms with van der Waals surface area (Å²) in [5, 5.41) is 19.5. The van der Waals surface area contributed by atoms with Gasteiger partial charge in [-0.25, -0.2) is 0 Å². The molecule has 1 heterocycles. The van der Waals surface area contributed by atoms with Crippen LogP contribution in [0.3, 0.4) is 0 Å². The molecule has 0 aliphatic carbocycles. The third kappa shape index (κ3) is 2.50. The van der Waals surface area contributed by atoms with E-state index in [9.17, 15) is 9.90 Å². The van der Waals surface area contributed by atoms with Crippen LogP contribution in [0.25, 0.3) is 11.1 Å². The van der Waals surface area contributed by atoms with Gasteiger partial charge in [-0.1, -0.05) is 11.6 Å². The number of nitrogens with one attached hydrogen (secondary N) is 1. The van der Waals surface area contributed by atoms with Crippen LogP contribution in [0.15, 0.2) is 27.5 Å². The van der Waals surface area contributed by atoms with Crippen molar-refractivity contribution in [3.8, 4) is 22.9 Å². The van der Waals surface area contributed by atoms with E-state index in [0.717, 1.165) is 0 Å². The quantitative estimate of drug-likeness (QED) is 0.836. The maximum atomic E-state index is 11.7. The molecule has 0 aliphatic heterocycles. The molecule has 2 aromatic rings. The zero-order valence-electron chi connectivity index (χ0n) is 9.79. The van der Waals surface area contributed by atoms with Gasteiger partial charge < -0.3 is 10.1 Å². The number of halogens is 2. The molecule has 0 spiro atoms. The molecule has 0 saturated heterocycles. The highest BCUT2D eigenvalue weighted by Gasteiger charge is 2.16. The van der Waals surface area contributed by atoms with E-state index in [0.29, 0.717) is 26.3 Å². The highest BCUT2D eigenvalue weighted by Crippen LogP contribution is 2.38. The third-order valence-electron chi connectivity index (χ3n) is 2.60. The average Bonchev–Trinajstić information content (AvgIpc) is 2.33. The maximum Gasteiger partial charge on any atom is 0.266 e. The average molecular weight is 340 g/mol. The van der Waals surface area contributed by atoms with Gasteiger partial charge in [-0.05, 0) is 41.1 Å². The summed E-state index contributed by atoms with van der Waals surface area (Å²) in [6, 6.07) is 6.51. The molecule has 0 bridgehead atoms. The second kappa shape index (κ2) is 5.08. The largest absolute Gasteiger partial charge is 0.506 e. The number of aromatic amines is 1. The summed E-state index contributed by atoms with van der Waals surface area (Å²) in [5.74, 6) is -0.0640. The molecule has 0 radical (unpaired) electrons. The molecular weight excluding hydrogens is 332 g/mol. The monoisotopic (exact) mass is 338 g/mol. The number of aromatic hydroxyl groups is 1. The number of pyridine rings is 1. The van der Waals surface area contributed by atoms with E-state index in [1.807, 2.05) is 6.07 Å². The Morgan fingerprint density at radius 1 is 1.37 bits per heavy atom. The van der Waals surface area contributed by atoms with Crippen molar-refractivity contribution in [2.45, 2.75) is 6.92 Å². The second-order valence-corrected chi connectivity index (χ2v) is 5.26. The number of nitriles is 1. The van der Waals surface area contributed by atoms with E-state index in [4.69, 9.17) is 16.9 Å². The van der Waals surface area contributed by atoms with Crippen molar-refractivity contribution in [3.63, 3.8) is 0 Å². The Bertz CT molecular complexity index is 762. The van der Waals surface area contributed by atoms with Gasteiger partial charge in [-0.3, -0.25) is 4.79 Å². The van der Waals surface area contributed by atoms with Crippen molar-refractivity contribution in [2.24, 2.45) is 0 Å². The minimum Gasteiger partial charge on any atom is -0.506 e. The Morgan fingerprint density at radius 3 is 2.68 bits per heavy atom. The number of nitrogens with zero attached hydrogens (tertiary/aromatic N) is 1. The van der Waals surface area contributed by atoms with Crippen molar-refractivity contribution in [3.05, 3.63) is 49.3 Å². The number of phenols is 1. The van der Waals surface area contributed by atoms with Crippen LogP contribution in [0.1, 0.15) is 11.3 Å². The summed E-state index contributed by atoms with van der Waals surface area (Å²) in [6.07, 6.45) is 0. The Morgan fingerprint density at radius 2 is 2.05 bits per heavy atom. The lowest BCUT2D eigenvalue weighted by atomic mass is 10.0. The second-order valence-electron chi connectivity index (χ2n) is 3.97. The van der Waals surface area contributed by atoms with Crippen LogP contribution in [0.5, 0.6) is 5.75 Å². The van der Waals surface area contributed by atoms with Crippen LogP contribution < -0.4 is 5.56 Å². The number of aromatic nitrogens is 1. The molecule has 19 heavy (non-hydrogen) atoms. The van der Waals surface area contributed by atoms with Crippen molar-refractivity contribution in [1.29, 1.82) is 5.26 Å². The highest BCUT2D eigenvalue weighted by atomic mass is 79.9. The fraction of sp³-hybridized carbons (Fsp3) is 0.0769. The molecule has 0 amide bonds. The van der Waals surface area contributed by atoms with Gasteiger partial charge in [0.1, 0.15) is 17.4 Å². The third-order valence-corrected chi connectivity index (χ3v) is 3.42. The first-order valence-corrected chi connectivity index (χ1v) is 6.43. The molecule has 1 aromatic heterocycles. The number of hydrogen-bond donors (Lipinski definition) is 2. The zero-order valence-corrected chi connectivity index (χ0v) is 12.1. The molecule has 0 saturated carbocycles. The van der Waals surface area contributed by atoms with Gasteiger partial charge in [0.05, 0.1) is 4.47 Å². The number of aryl methyl sites for hydroxylation is 1. The molecule has 0 aliphatic rings. The van der Waals surface area contributed by atoms with E-state index in [1.54, 1.807) is 13.0 Å². The molecule has 2 N–H and O–H groups in total. The molecule has 0 unspecified atom stereocenters. The minimum atomic E-state index is -0.493. The van der Waals surface area contributed by atoms with Gasteiger partial charge in [-0.15, -0.1) is 0 Å².